The highest BCUT2D eigenvalue weighted by atomic mass is 16.2. The Kier molecular flexibility index (Phi) is 2.19. The second kappa shape index (κ2) is 3.38. The van der Waals surface area contributed by atoms with Crippen LogP contribution in [0, 0.1) is 0 Å². The van der Waals surface area contributed by atoms with Crippen LogP contribution in [0.2, 0.25) is 0 Å². The van der Waals surface area contributed by atoms with Crippen LogP contribution in [0.4, 0.5) is 0 Å². The monoisotopic (exact) mass is 204 g/mol. The maximum atomic E-state index is 11.3. The molecule has 1 heterocycles. The van der Waals surface area contributed by atoms with Crippen LogP contribution in [0.3, 0.4) is 0 Å². The summed E-state index contributed by atoms with van der Waals surface area (Å²) in [6, 6.07) is 5.38. The molecule has 0 saturated heterocycles. The first-order chi connectivity index (χ1) is 7.09. The van der Waals surface area contributed by atoms with E-state index in [9.17, 15) is 9.59 Å². The number of nitrogens with one attached hydrogen (secondary N) is 1. The molecule has 1 aliphatic heterocycles. The lowest BCUT2D eigenvalue weighted by Crippen LogP contribution is -2.18. The van der Waals surface area contributed by atoms with Crippen molar-refractivity contribution < 1.29 is 9.59 Å². The van der Waals surface area contributed by atoms with Crippen LogP contribution < -0.4 is 11.1 Å². The van der Waals surface area contributed by atoms with E-state index in [2.05, 4.69) is 5.32 Å². The molecule has 15 heavy (non-hydrogen) atoms. The predicted molar refractivity (Wildman–Crippen MR) is 55.2 cm³/mol. The maximum Gasteiger partial charge on any atom is 0.251 e. The molecule has 1 unspecified atom stereocenters. The molecule has 1 atom stereocenters. The lowest BCUT2D eigenvalue weighted by atomic mass is 9.96. The summed E-state index contributed by atoms with van der Waals surface area (Å²) < 4.78 is 0. The topological polar surface area (TPSA) is 72.2 Å². The Morgan fingerprint density at radius 1 is 1.53 bits per heavy atom. The standard InChI is InChI=1S/C11H12N2O2/c1-6(10(12)14)7-2-3-9-8(4-7)5-13-11(9)15/h2-4,6H,5H2,1H3,(H2,12,14)(H,13,15). The number of hydrogen-bond donors (Lipinski definition) is 2. The summed E-state index contributed by atoms with van der Waals surface area (Å²) in [6.45, 7) is 2.29. The predicted octanol–water partition coefficient (Wildman–Crippen LogP) is 0.519. The van der Waals surface area contributed by atoms with E-state index >= 15 is 0 Å². The third kappa shape index (κ3) is 1.58. The smallest absolute Gasteiger partial charge is 0.251 e. The second-order valence-corrected chi connectivity index (χ2v) is 3.72. The molecule has 3 N–H and O–H groups in total. The molecule has 0 spiro atoms. The third-order valence-corrected chi connectivity index (χ3v) is 2.74. The second-order valence-electron chi connectivity index (χ2n) is 3.72. The van der Waals surface area contributed by atoms with Crippen LogP contribution in [0.1, 0.15) is 34.3 Å². The van der Waals surface area contributed by atoms with Gasteiger partial charge in [-0.15, -0.1) is 0 Å². The summed E-state index contributed by atoms with van der Waals surface area (Å²) in [6.07, 6.45) is 0. The fourth-order valence-electron chi connectivity index (χ4n) is 1.69. The molecule has 0 aliphatic carbocycles. The quantitative estimate of drug-likeness (QED) is 0.737. The van der Waals surface area contributed by atoms with Crippen molar-refractivity contribution in [3.05, 3.63) is 34.9 Å². The largest absolute Gasteiger partial charge is 0.369 e. The molecule has 4 nitrogen and oxygen atoms in total. The summed E-state index contributed by atoms with van der Waals surface area (Å²) in [7, 11) is 0. The van der Waals surface area contributed by atoms with Gasteiger partial charge in [0.15, 0.2) is 0 Å². The highest BCUT2D eigenvalue weighted by molar-refractivity contribution is 5.98. The Labute approximate surface area is 87.5 Å². The summed E-state index contributed by atoms with van der Waals surface area (Å²) in [4.78, 5) is 22.3. The Morgan fingerprint density at radius 2 is 2.27 bits per heavy atom. The van der Waals surface area contributed by atoms with E-state index in [-0.39, 0.29) is 17.7 Å². The lowest BCUT2D eigenvalue weighted by Gasteiger charge is -2.08. The average molecular weight is 204 g/mol. The molecule has 0 saturated carbocycles. The summed E-state index contributed by atoms with van der Waals surface area (Å²) >= 11 is 0. The maximum absolute atomic E-state index is 11.3. The van der Waals surface area contributed by atoms with E-state index in [0.717, 1.165) is 11.1 Å². The molecule has 1 aromatic rings. The van der Waals surface area contributed by atoms with Crippen molar-refractivity contribution in [2.45, 2.75) is 19.4 Å². The fraction of sp³-hybridized carbons (Fsp3) is 0.273. The zero-order chi connectivity index (χ0) is 11.0. The number of primary amides is 1. The van der Waals surface area contributed by atoms with Crippen LogP contribution in [0.5, 0.6) is 0 Å². The fourth-order valence-corrected chi connectivity index (χ4v) is 1.69. The first-order valence-electron chi connectivity index (χ1n) is 4.80. The number of benzene rings is 1. The number of hydrogen-bond acceptors (Lipinski definition) is 2. The molecule has 78 valence electrons. The number of carbonyl (C=O) groups excluding carboxylic acids is 2. The van der Waals surface area contributed by atoms with E-state index in [4.69, 9.17) is 5.73 Å². The van der Waals surface area contributed by atoms with Crippen molar-refractivity contribution in [3.8, 4) is 0 Å². The van der Waals surface area contributed by atoms with Gasteiger partial charge in [-0.05, 0) is 24.1 Å². The van der Waals surface area contributed by atoms with Gasteiger partial charge in [-0.25, -0.2) is 0 Å². The molecular formula is C11H12N2O2. The van der Waals surface area contributed by atoms with Gasteiger partial charge in [0, 0.05) is 12.1 Å². The van der Waals surface area contributed by atoms with Crippen molar-refractivity contribution in [1.29, 1.82) is 0 Å². The SMILES string of the molecule is CC(C(N)=O)c1ccc2c(c1)CNC2=O. The van der Waals surface area contributed by atoms with Gasteiger partial charge in [-0.1, -0.05) is 12.1 Å². The number of amides is 2. The van der Waals surface area contributed by atoms with Gasteiger partial charge in [0.25, 0.3) is 5.91 Å². The molecule has 1 aliphatic rings. The van der Waals surface area contributed by atoms with E-state index in [0.29, 0.717) is 12.1 Å². The Morgan fingerprint density at radius 3 is 2.93 bits per heavy atom. The molecule has 1 aromatic carbocycles. The number of rotatable bonds is 2. The lowest BCUT2D eigenvalue weighted by molar-refractivity contribution is -0.119. The first-order valence-corrected chi connectivity index (χ1v) is 4.80. The summed E-state index contributed by atoms with van der Waals surface area (Å²) in [5.74, 6) is -0.721. The van der Waals surface area contributed by atoms with E-state index in [1.54, 1.807) is 19.1 Å². The van der Waals surface area contributed by atoms with Crippen molar-refractivity contribution in [1.82, 2.24) is 5.32 Å². The Balaban J connectivity index is 2.39. The van der Waals surface area contributed by atoms with Gasteiger partial charge >= 0.3 is 0 Å². The molecule has 4 heteroatoms. The van der Waals surface area contributed by atoms with Crippen molar-refractivity contribution in [3.63, 3.8) is 0 Å². The van der Waals surface area contributed by atoms with Gasteiger partial charge in [-0.3, -0.25) is 9.59 Å². The molecular weight excluding hydrogens is 192 g/mol. The number of fused-ring (bicyclic) bond motifs is 1. The van der Waals surface area contributed by atoms with Gasteiger partial charge in [0.05, 0.1) is 5.92 Å². The number of carbonyl (C=O) groups is 2. The van der Waals surface area contributed by atoms with E-state index in [1.165, 1.54) is 0 Å². The zero-order valence-corrected chi connectivity index (χ0v) is 8.41. The minimum atomic E-state index is -0.354. The zero-order valence-electron chi connectivity index (χ0n) is 8.41. The van der Waals surface area contributed by atoms with E-state index in [1.807, 2.05) is 6.07 Å². The van der Waals surface area contributed by atoms with Gasteiger partial charge < -0.3 is 11.1 Å². The van der Waals surface area contributed by atoms with Crippen molar-refractivity contribution in [2.24, 2.45) is 5.73 Å². The average Bonchev–Trinajstić information content (AvgIpc) is 2.59. The summed E-state index contributed by atoms with van der Waals surface area (Å²) in [5, 5.41) is 2.73. The van der Waals surface area contributed by atoms with Crippen LogP contribution in [-0.4, -0.2) is 11.8 Å². The minimum Gasteiger partial charge on any atom is -0.369 e. The highest BCUT2D eigenvalue weighted by Crippen LogP contribution is 2.22. The van der Waals surface area contributed by atoms with Gasteiger partial charge in [-0.2, -0.15) is 0 Å². The molecule has 0 fully saturated rings. The molecule has 2 rings (SSSR count). The highest BCUT2D eigenvalue weighted by Gasteiger charge is 2.20. The van der Waals surface area contributed by atoms with Crippen LogP contribution in [-0.2, 0) is 11.3 Å². The van der Waals surface area contributed by atoms with Crippen LogP contribution in [0.15, 0.2) is 18.2 Å². The van der Waals surface area contributed by atoms with Gasteiger partial charge in [0.2, 0.25) is 5.91 Å². The Hall–Kier alpha value is -1.84. The first kappa shape index (κ1) is 9.71. The summed E-state index contributed by atoms with van der Waals surface area (Å²) in [5.41, 5.74) is 7.70. The van der Waals surface area contributed by atoms with Crippen LogP contribution in [0.25, 0.3) is 0 Å². The Bertz CT molecular complexity index is 440. The molecule has 2 amide bonds. The van der Waals surface area contributed by atoms with Crippen LogP contribution >= 0.6 is 0 Å². The van der Waals surface area contributed by atoms with E-state index < -0.39 is 0 Å². The third-order valence-electron chi connectivity index (χ3n) is 2.74. The molecule has 0 aromatic heterocycles. The molecule has 0 bridgehead atoms. The number of nitrogens with two attached hydrogens (primary N) is 1. The van der Waals surface area contributed by atoms with Crippen molar-refractivity contribution >= 4 is 11.8 Å². The minimum absolute atomic E-state index is 0.0525. The van der Waals surface area contributed by atoms with Gasteiger partial charge in [0.1, 0.15) is 0 Å². The van der Waals surface area contributed by atoms with Crippen molar-refractivity contribution in [2.75, 3.05) is 0 Å². The normalized spacial score (nSPS) is 15.7. The molecule has 0 radical (unpaired) electrons.